The second kappa shape index (κ2) is 7.02. The highest BCUT2D eigenvalue weighted by Gasteiger charge is 2.33. The minimum Gasteiger partial charge on any atom is -0.384 e. The van der Waals surface area contributed by atoms with Crippen molar-refractivity contribution in [1.82, 2.24) is 20.1 Å². The van der Waals surface area contributed by atoms with E-state index in [1.54, 1.807) is 6.20 Å². The van der Waals surface area contributed by atoms with Crippen LogP contribution in [0.25, 0.3) is 11.3 Å². The van der Waals surface area contributed by atoms with Gasteiger partial charge in [0.25, 0.3) is 0 Å². The number of nitrogens with zero attached hydrogens (tertiary/aromatic N) is 3. The molecular formula is C21H24N4O. The van der Waals surface area contributed by atoms with Crippen LogP contribution in [-0.4, -0.2) is 26.4 Å². The number of benzene rings is 1. The van der Waals surface area contributed by atoms with E-state index in [0.717, 1.165) is 41.6 Å². The van der Waals surface area contributed by atoms with Crippen molar-refractivity contribution in [1.29, 1.82) is 0 Å². The average molecular weight is 348 g/mol. The molecule has 0 amide bonds. The van der Waals surface area contributed by atoms with E-state index in [1.807, 2.05) is 48.4 Å². The van der Waals surface area contributed by atoms with Gasteiger partial charge in [-0.05, 0) is 42.5 Å². The molecule has 0 spiro atoms. The fraction of sp³-hybridized carbons (Fsp3) is 0.333. The van der Waals surface area contributed by atoms with Crippen molar-refractivity contribution >= 4 is 0 Å². The summed E-state index contributed by atoms with van der Waals surface area (Å²) >= 11 is 0. The molecule has 5 nitrogen and oxygen atoms in total. The summed E-state index contributed by atoms with van der Waals surface area (Å²) in [4.78, 5) is 4.19. The molecule has 0 saturated heterocycles. The van der Waals surface area contributed by atoms with E-state index in [4.69, 9.17) is 0 Å². The van der Waals surface area contributed by atoms with Gasteiger partial charge in [-0.15, -0.1) is 0 Å². The molecule has 134 valence electrons. The molecule has 1 atom stereocenters. The number of nitrogens with one attached hydrogen (secondary N) is 1. The van der Waals surface area contributed by atoms with Gasteiger partial charge in [-0.25, -0.2) is 0 Å². The highest BCUT2D eigenvalue weighted by Crippen LogP contribution is 2.34. The summed E-state index contributed by atoms with van der Waals surface area (Å²) in [6.45, 7) is 1.19. The first-order valence-electron chi connectivity index (χ1n) is 9.10. The summed E-state index contributed by atoms with van der Waals surface area (Å²) in [5, 5.41) is 19.2. The molecule has 1 aliphatic rings. The average Bonchev–Trinajstić information content (AvgIpc) is 3.03. The third kappa shape index (κ3) is 3.28. The van der Waals surface area contributed by atoms with Crippen LogP contribution in [0.3, 0.4) is 0 Å². The number of hydrogen-bond acceptors (Lipinski definition) is 4. The lowest BCUT2D eigenvalue weighted by atomic mass is 9.79. The van der Waals surface area contributed by atoms with E-state index in [-0.39, 0.29) is 0 Å². The highest BCUT2D eigenvalue weighted by atomic mass is 16.3. The monoisotopic (exact) mass is 348 g/mol. The van der Waals surface area contributed by atoms with Gasteiger partial charge in [-0.1, -0.05) is 24.3 Å². The Morgan fingerprint density at radius 3 is 2.96 bits per heavy atom. The van der Waals surface area contributed by atoms with Crippen LogP contribution >= 0.6 is 0 Å². The SMILES string of the molecule is Cn1cc(CNCC2(O)CCCc3ccccc32)c(-c2cccnc2)n1. The van der Waals surface area contributed by atoms with Crippen LogP contribution in [-0.2, 0) is 25.6 Å². The van der Waals surface area contributed by atoms with Crippen LogP contribution < -0.4 is 5.32 Å². The maximum absolute atomic E-state index is 11.2. The fourth-order valence-electron chi connectivity index (χ4n) is 3.90. The van der Waals surface area contributed by atoms with Crippen molar-refractivity contribution in [3.05, 3.63) is 71.7 Å². The lowest BCUT2D eigenvalue weighted by Gasteiger charge is -2.34. The van der Waals surface area contributed by atoms with Gasteiger partial charge in [0.05, 0.1) is 5.69 Å². The zero-order chi connectivity index (χ0) is 18.0. The van der Waals surface area contributed by atoms with Crippen molar-refractivity contribution in [2.24, 2.45) is 7.05 Å². The molecule has 0 radical (unpaired) electrons. The van der Waals surface area contributed by atoms with Crippen molar-refractivity contribution in [3.8, 4) is 11.3 Å². The first-order chi connectivity index (χ1) is 12.7. The number of pyridine rings is 1. The third-order valence-corrected chi connectivity index (χ3v) is 5.13. The van der Waals surface area contributed by atoms with Crippen LogP contribution in [0.1, 0.15) is 29.5 Å². The molecule has 2 heterocycles. The van der Waals surface area contributed by atoms with Gasteiger partial charge in [-0.3, -0.25) is 9.67 Å². The molecule has 1 aromatic carbocycles. The largest absolute Gasteiger partial charge is 0.384 e. The fourth-order valence-corrected chi connectivity index (χ4v) is 3.90. The zero-order valence-corrected chi connectivity index (χ0v) is 15.0. The van der Waals surface area contributed by atoms with E-state index in [0.29, 0.717) is 13.1 Å². The van der Waals surface area contributed by atoms with Crippen molar-refractivity contribution in [2.75, 3.05) is 6.54 Å². The Hall–Kier alpha value is -2.50. The van der Waals surface area contributed by atoms with Crippen molar-refractivity contribution in [2.45, 2.75) is 31.4 Å². The number of aliphatic hydroxyl groups is 1. The van der Waals surface area contributed by atoms with Gasteiger partial charge in [0.1, 0.15) is 5.60 Å². The standard InChI is InChI=1S/C21H24N4O/c1-25-14-18(20(24-25)17-8-5-11-22-12-17)13-23-15-21(26)10-4-7-16-6-2-3-9-19(16)21/h2-3,5-6,8-9,11-12,14,23,26H,4,7,10,13,15H2,1H3. The normalized spacial score (nSPS) is 19.3. The van der Waals surface area contributed by atoms with E-state index in [1.165, 1.54) is 5.56 Å². The minimum absolute atomic E-state index is 0.533. The summed E-state index contributed by atoms with van der Waals surface area (Å²) in [5.74, 6) is 0. The summed E-state index contributed by atoms with van der Waals surface area (Å²) in [6, 6.07) is 12.2. The van der Waals surface area contributed by atoms with E-state index in [9.17, 15) is 5.11 Å². The molecule has 4 rings (SSSR count). The maximum Gasteiger partial charge on any atom is 0.102 e. The third-order valence-electron chi connectivity index (χ3n) is 5.13. The predicted octanol–water partition coefficient (Wildman–Crippen LogP) is 2.80. The molecule has 0 aliphatic heterocycles. The quantitative estimate of drug-likeness (QED) is 0.744. The first-order valence-corrected chi connectivity index (χ1v) is 9.10. The van der Waals surface area contributed by atoms with Gasteiger partial charge in [0, 0.05) is 49.9 Å². The van der Waals surface area contributed by atoms with E-state index in [2.05, 4.69) is 27.5 Å². The van der Waals surface area contributed by atoms with Crippen LogP contribution in [0.15, 0.2) is 55.0 Å². The summed E-state index contributed by atoms with van der Waals surface area (Å²) in [6.07, 6.45) is 8.47. The van der Waals surface area contributed by atoms with Crippen LogP contribution in [0.2, 0.25) is 0 Å². The number of aromatic nitrogens is 3. The van der Waals surface area contributed by atoms with Crippen LogP contribution in [0.5, 0.6) is 0 Å². The Morgan fingerprint density at radius 2 is 2.12 bits per heavy atom. The van der Waals surface area contributed by atoms with Gasteiger partial charge in [-0.2, -0.15) is 5.10 Å². The minimum atomic E-state index is -0.800. The Morgan fingerprint density at radius 1 is 1.23 bits per heavy atom. The van der Waals surface area contributed by atoms with E-state index < -0.39 is 5.60 Å². The highest BCUT2D eigenvalue weighted by molar-refractivity contribution is 5.61. The second-order valence-electron chi connectivity index (χ2n) is 7.06. The summed E-state index contributed by atoms with van der Waals surface area (Å²) < 4.78 is 1.82. The topological polar surface area (TPSA) is 63.0 Å². The van der Waals surface area contributed by atoms with Crippen molar-refractivity contribution < 1.29 is 5.11 Å². The molecule has 0 fully saturated rings. The zero-order valence-electron chi connectivity index (χ0n) is 15.0. The summed E-state index contributed by atoms with van der Waals surface area (Å²) in [7, 11) is 1.92. The smallest absolute Gasteiger partial charge is 0.102 e. The van der Waals surface area contributed by atoms with Crippen LogP contribution in [0, 0.1) is 0 Å². The Balaban J connectivity index is 1.50. The molecule has 1 aliphatic carbocycles. The molecule has 2 aromatic heterocycles. The predicted molar refractivity (Wildman–Crippen MR) is 101 cm³/mol. The number of aryl methyl sites for hydroxylation is 2. The number of hydrogen-bond donors (Lipinski definition) is 2. The number of rotatable bonds is 5. The molecular weight excluding hydrogens is 324 g/mol. The Bertz CT molecular complexity index is 890. The van der Waals surface area contributed by atoms with E-state index >= 15 is 0 Å². The molecule has 5 heteroatoms. The van der Waals surface area contributed by atoms with Gasteiger partial charge >= 0.3 is 0 Å². The second-order valence-corrected chi connectivity index (χ2v) is 7.06. The molecule has 0 saturated carbocycles. The summed E-state index contributed by atoms with van der Waals surface area (Å²) in [5.41, 5.74) is 4.58. The molecule has 1 unspecified atom stereocenters. The molecule has 2 N–H and O–H groups in total. The maximum atomic E-state index is 11.2. The first kappa shape index (κ1) is 16.9. The Kier molecular flexibility index (Phi) is 4.57. The Labute approximate surface area is 153 Å². The molecule has 26 heavy (non-hydrogen) atoms. The van der Waals surface area contributed by atoms with Gasteiger partial charge in [0.15, 0.2) is 0 Å². The van der Waals surface area contributed by atoms with Gasteiger partial charge < -0.3 is 10.4 Å². The number of fused-ring (bicyclic) bond motifs is 1. The molecule has 3 aromatic rings. The van der Waals surface area contributed by atoms with Crippen LogP contribution in [0.4, 0.5) is 0 Å². The lowest BCUT2D eigenvalue weighted by Crippen LogP contribution is -2.40. The lowest BCUT2D eigenvalue weighted by molar-refractivity contribution is 0.0189. The van der Waals surface area contributed by atoms with Gasteiger partial charge in [0.2, 0.25) is 0 Å². The molecule has 0 bridgehead atoms. The van der Waals surface area contributed by atoms with Crippen molar-refractivity contribution in [3.63, 3.8) is 0 Å².